The maximum absolute atomic E-state index is 13.1. The summed E-state index contributed by atoms with van der Waals surface area (Å²) in [6, 6.07) is 1.36. The first-order valence-corrected chi connectivity index (χ1v) is 5.58. The van der Waals surface area contributed by atoms with Crippen LogP contribution in [0.2, 0.25) is 0 Å². The van der Waals surface area contributed by atoms with E-state index in [2.05, 4.69) is 10.3 Å². The van der Waals surface area contributed by atoms with Crippen molar-refractivity contribution >= 4 is 11.7 Å². The van der Waals surface area contributed by atoms with Gasteiger partial charge in [0.15, 0.2) is 0 Å². The van der Waals surface area contributed by atoms with Gasteiger partial charge in [0.25, 0.3) is 0 Å². The molecule has 19 heavy (non-hydrogen) atoms. The standard InChI is InChI=1S/C12H10F4N2O/c1-2-9-11(19)18-10(17-9)7-5-6(13)3-4-8(7)12(14,15)16/h3-5,9H,2H2,1H3,(H,17,18,19). The summed E-state index contributed by atoms with van der Waals surface area (Å²) in [5.41, 5.74) is -1.47. The summed E-state index contributed by atoms with van der Waals surface area (Å²) in [5.74, 6) is -1.53. The quantitative estimate of drug-likeness (QED) is 0.827. The van der Waals surface area contributed by atoms with Crippen LogP contribution in [0.15, 0.2) is 23.2 Å². The molecule has 0 aliphatic carbocycles. The zero-order valence-corrected chi connectivity index (χ0v) is 9.88. The Labute approximate surface area is 106 Å². The van der Waals surface area contributed by atoms with Crippen molar-refractivity contribution in [1.29, 1.82) is 0 Å². The lowest BCUT2D eigenvalue weighted by atomic mass is 10.1. The Morgan fingerprint density at radius 1 is 1.37 bits per heavy atom. The Kier molecular flexibility index (Phi) is 3.30. The van der Waals surface area contributed by atoms with Gasteiger partial charge in [-0.05, 0) is 24.6 Å². The van der Waals surface area contributed by atoms with Crippen LogP contribution in [-0.2, 0) is 11.0 Å². The van der Waals surface area contributed by atoms with Crippen LogP contribution in [0.1, 0.15) is 24.5 Å². The van der Waals surface area contributed by atoms with E-state index in [-0.39, 0.29) is 5.84 Å². The minimum Gasteiger partial charge on any atom is -0.309 e. The highest BCUT2D eigenvalue weighted by Gasteiger charge is 2.37. The van der Waals surface area contributed by atoms with E-state index in [1.807, 2.05) is 0 Å². The van der Waals surface area contributed by atoms with Gasteiger partial charge in [0.1, 0.15) is 17.7 Å². The van der Waals surface area contributed by atoms with Crippen LogP contribution in [0, 0.1) is 5.82 Å². The van der Waals surface area contributed by atoms with E-state index in [1.165, 1.54) is 0 Å². The minimum atomic E-state index is -4.64. The average Bonchev–Trinajstić information content (AvgIpc) is 2.68. The maximum Gasteiger partial charge on any atom is 0.417 e. The third-order valence-corrected chi connectivity index (χ3v) is 2.76. The SMILES string of the molecule is CCC1N=C(c2cc(F)ccc2C(F)(F)F)NC1=O. The molecule has 3 nitrogen and oxygen atoms in total. The third kappa shape index (κ3) is 2.59. The molecule has 1 N–H and O–H groups in total. The molecule has 0 radical (unpaired) electrons. The van der Waals surface area contributed by atoms with Crippen LogP contribution in [0.5, 0.6) is 0 Å². The van der Waals surface area contributed by atoms with Gasteiger partial charge in [0.05, 0.1) is 5.56 Å². The second kappa shape index (κ2) is 4.64. The molecular weight excluding hydrogens is 264 g/mol. The van der Waals surface area contributed by atoms with E-state index in [4.69, 9.17) is 0 Å². The van der Waals surface area contributed by atoms with Gasteiger partial charge in [-0.25, -0.2) is 4.39 Å². The summed E-state index contributed by atoms with van der Waals surface area (Å²) in [5, 5.41) is 2.26. The number of nitrogens with zero attached hydrogens (tertiary/aromatic N) is 1. The van der Waals surface area contributed by atoms with Gasteiger partial charge in [-0.1, -0.05) is 6.92 Å². The lowest BCUT2D eigenvalue weighted by Crippen LogP contribution is -2.30. The molecule has 1 aliphatic rings. The number of carbonyl (C=O) groups is 1. The topological polar surface area (TPSA) is 41.5 Å². The first kappa shape index (κ1) is 13.5. The van der Waals surface area contributed by atoms with Crippen molar-refractivity contribution in [3.05, 3.63) is 35.1 Å². The predicted octanol–water partition coefficient (Wildman–Crippen LogP) is 2.50. The molecule has 7 heteroatoms. The molecule has 1 unspecified atom stereocenters. The van der Waals surface area contributed by atoms with Gasteiger partial charge in [0, 0.05) is 5.56 Å². The summed E-state index contributed by atoms with van der Waals surface area (Å²) in [4.78, 5) is 15.3. The molecule has 0 aromatic heterocycles. The first-order valence-electron chi connectivity index (χ1n) is 5.58. The predicted molar refractivity (Wildman–Crippen MR) is 60.2 cm³/mol. The third-order valence-electron chi connectivity index (χ3n) is 2.76. The Morgan fingerprint density at radius 2 is 2.05 bits per heavy atom. The Morgan fingerprint density at radius 3 is 2.58 bits per heavy atom. The van der Waals surface area contributed by atoms with Crippen molar-refractivity contribution in [1.82, 2.24) is 5.32 Å². The van der Waals surface area contributed by atoms with Gasteiger partial charge in [-0.15, -0.1) is 0 Å². The molecule has 1 aromatic carbocycles. The number of benzene rings is 1. The smallest absolute Gasteiger partial charge is 0.309 e. The fourth-order valence-corrected chi connectivity index (χ4v) is 1.82. The van der Waals surface area contributed by atoms with Crippen molar-refractivity contribution in [2.24, 2.45) is 4.99 Å². The monoisotopic (exact) mass is 274 g/mol. The number of carbonyl (C=O) groups excluding carboxylic acids is 1. The van der Waals surface area contributed by atoms with Gasteiger partial charge < -0.3 is 5.32 Å². The number of hydrogen-bond acceptors (Lipinski definition) is 2. The first-order chi connectivity index (χ1) is 8.82. The molecule has 1 aromatic rings. The van der Waals surface area contributed by atoms with Crippen molar-refractivity contribution in [3.63, 3.8) is 0 Å². The molecule has 1 aliphatic heterocycles. The fourth-order valence-electron chi connectivity index (χ4n) is 1.82. The second-order valence-electron chi connectivity index (χ2n) is 4.08. The number of nitrogens with one attached hydrogen (secondary N) is 1. The molecule has 0 spiro atoms. The number of hydrogen-bond donors (Lipinski definition) is 1. The van der Waals surface area contributed by atoms with Crippen LogP contribution in [0.3, 0.4) is 0 Å². The van der Waals surface area contributed by atoms with E-state index in [0.29, 0.717) is 12.5 Å². The Hall–Kier alpha value is -1.92. The zero-order chi connectivity index (χ0) is 14.2. The summed E-state index contributed by atoms with van der Waals surface area (Å²) in [6.07, 6.45) is -4.27. The molecule has 2 rings (SSSR count). The van der Waals surface area contributed by atoms with Gasteiger partial charge in [-0.2, -0.15) is 13.2 Å². The van der Waals surface area contributed by atoms with E-state index in [1.54, 1.807) is 6.92 Å². The van der Waals surface area contributed by atoms with Crippen LogP contribution < -0.4 is 5.32 Å². The lowest BCUT2D eigenvalue weighted by Gasteiger charge is -2.12. The molecule has 1 atom stereocenters. The minimum absolute atomic E-state index is 0.233. The average molecular weight is 274 g/mol. The van der Waals surface area contributed by atoms with E-state index in [0.717, 1.165) is 12.1 Å². The number of amides is 1. The number of rotatable bonds is 2. The molecule has 0 saturated carbocycles. The molecule has 1 heterocycles. The van der Waals surface area contributed by atoms with E-state index in [9.17, 15) is 22.4 Å². The van der Waals surface area contributed by atoms with Gasteiger partial charge in [-0.3, -0.25) is 9.79 Å². The normalized spacial score (nSPS) is 19.3. The van der Waals surface area contributed by atoms with Crippen molar-refractivity contribution in [3.8, 4) is 0 Å². The van der Waals surface area contributed by atoms with E-state index < -0.39 is 35.1 Å². The summed E-state index contributed by atoms with van der Waals surface area (Å²) in [6.45, 7) is 1.69. The van der Waals surface area contributed by atoms with E-state index >= 15 is 0 Å². The summed E-state index contributed by atoms with van der Waals surface area (Å²) < 4.78 is 51.6. The van der Waals surface area contributed by atoms with Gasteiger partial charge in [0.2, 0.25) is 5.91 Å². The fraction of sp³-hybridized carbons (Fsp3) is 0.333. The van der Waals surface area contributed by atoms with Crippen LogP contribution in [-0.4, -0.2) is 17.8 Å². The number of alkyl halides is 3. The Bertz CT molecular complexity index is 551. The maximum atomic E-state index is 13.1. The Balaban J connectivity index is 2.51. The van der Waals surface area contributed by atoms with Crippen LogP contribution in [0.25, 0.3) is 0 Å². The van der Waals surface area contributed by atoms with Crippen molar-refractivity contribution < 1.29 is 22.4 Å². The molecule has 0 saturated heterocycles. The number of aliphatic imine (C=N–C) groups is 1. The molecule has 102 valence electrons. The second-order valence-corrected chi connectivity index (χ2v) is 4.08. The molecule has 1 amide bonds. The van der Waals surface area contributed by atoms with Crippen LogP contribution >= 0.6 is 0 Å². The largest absolute Gasteiger partial charge is 0.417 e. The lowest BCUT2D eigenvalue weighted by molar-refractivity contribution is -0.137. The van der Waals surface area contributed by atoms with Gasteiger partial charge >= 0.3 is 6.18 Å². The number of amidine groups is 1. The molecule has 0 bridgehead atoms. The molecule has 0 fully saturated rings. The van der Waals surface area contributed by atoms with Crippen molar-refractivity contribution in [2.45, 2.75) is 25.6 Å². The zero-order valence-electron chi connectivity index (χ0n) is 9.88. The summed E-state index contributed by atoms with van der Waals surface area (Å²) >= 11 is 0. The summed E-state index contributed by atoms with van der Waals surface area (Å²) in [7, 11) is 0. The van der Waals surface area contributed by atoms with Crippen LogP contribution in [0.4, 0.5) is 17.6 Å². The highest BCUT2D eigenvalue weighted by Crippen LogP contribution is 2.33. The highest BCUT2D eigenvalue weighted by molar-refractivity contribution is 6.14. The number of halogens is 4. The molecular formula is C12H10F4N2O. The van der Waals surface area contributed by atoms with Crippen molar-refractivity contribution in [2.75, 3.05) is 0 Å². The highest BCUT2D eigenvalue weighted by atomic mass is 19.4.